The summed E-state index contributed by atoms with van der Waals surface area (Å²) in [6, 6.07) is 18.9. The maximum Gasteiger partial charge on any atom is 0.359 e. The molecule has 2 N–H and O–H groups in total. The van der Waals surface area contributed by atoms with Crippen LogP contribution >= 0.6 is 11.6 Å². The second kappa shape index (κ2) is 15.8. The Morgan fingerprint density at radius 1 is 0.732 bits per heavy atom. The van der Waals surface area contributed by atoms with Crippen LogP contribution in [0.4, 0.5) is 0 Å². The van der Waals surface area contributed by atoms with Crippen LogP contribution in [0.3, 0.4) is 0 Å². The largest absolute Gasteiger partial charge is 0.493 e. The van der Waals surface area contributed by atoms with E-state index in [2.05, 4.69) is 0 Å². The minimum Gasteiger partial charge on any atom is -0.493 e. The number of ether oxygens (including phenoxy) is 6. The van der Waals surface area contributed by atoms with Gasteiger partial charge in [0.1, 0.15) is 24.4 Å². The summed E-state index contributed by atoms with van der Waals surface area (Å²) < 4.78 is 38.1. The second-order valence-corrected chi connectivity index (χ2v) is 15.7. The molecule has 0 saturated carbocycles. The van der Waals surface area contributed by atoms with Crippen molar-refractivity contribution >= 4 is 23.5 Å². The third-order valence-electron chi connectivity index (χ3n) is 11.7. The van der Waals surface area contributed by atoms with Crippen molar-refractivity contribution in [1.29, 1.82) is 0 Å². The van der Waals surface area contributed by atoms with Gasteiger partial charge in [-0.05, 0) is 64.7 Å². The SMILES string of the molecule is COc1ccc2cc1Oc1ccc(cc1)CC1c3cc(c(OC)cc3CC[N+]1(C)CC(=O)O)Oc1c(OCCCl)c(OC)cc3c1C(C2)[N+](C)(CC(=O)O)CC3. The Balaban J connectivity index is 1.53. The highest BCUT2D eigenvalue weighted by molar-refractivity contribution is 6.18. The number of methoxy groups -OCH3 is 3. The molecule has 296 valence electrons. The molecule has 0 spiro atoms. The predicted octanol–water partition coefficient (Wildman–Crippen LogP) is 6.97. The molecule has 8 rings (SSSR count). The van der Waals surface area contributed by atoms with Gasteiger partial charge in [-0.25, -0.2) is 9.59 Å². The van der Waals surface area contributed by atoms with E-state index >= 15 is 0 Å². The zero-order valence-corrected chi connectivity index (χ0v) is 33.2. The molecule has 0 saturated heterocycles. The summed E-state index contributed by atoms with van der Waals surface area (Å²) in [5, 5.41) is 20.4. The molecular formula is C43H49ClN2O10+2. The van der Waals surface area contributed by atoms with Crippen LogP contribution in [-0.2, 0) is 35.3 Å². The molecule has 13 heteroatoms. The van der Waals surface area contributed by atoms with Gasteiger partial charge in [0.05, 0.1) is 60.0 Å². The average Bonchev–Trinajstić information content (AvgIpc) is 3.16. The molecule has 4 aromatic carbocycles. The van der Waals surface area contributed by atoms with Crippen molar-refractivity contribution in [3.05, 3.63) is 94.0 Å². The first kappa shape index (κ1) is 39.1. The number of carboxylic acids is 2. The molecule has 0 aliphatic carbocycles. The van der Waals surface area contributed by atoms with Gasteiger partial charge in [-0.1, -0.05) is 18.2 Å². The van der Waals surface area contributed by atoms with E-state index in [0.29, 0.717) is 84.8 Å². The number of nitrogens with zero attached hydrogens (tertiary/aromatic N) is 2. The van der Waals surface area contributed by atoms with Gasteiger partial charge < -0.3 is 47.6 Å². The zero-order valence-electron chi connectivity index (χ0n) is 32.4. The summed E-state index contributed by atoms with van der Waals surface area (Å²) in [5.74, 6) is 2.19. The highest BCUT2D eigenvalue weighted by Crippen LogP contribution is 2.54. The number of fused-ring (bicyclic) bond motifs is 2. The van der Waals surface area contributed by atoms with Gasteiger partial charge in [-0.3, -0.25) is 0 Å². The number of carboxylic acid groups (broad SMARTS) is 2. The first-order valence-electron chi connectivity index (χ1n) is 18.8. The molecule has 0 aromatic heterocycles. The van der Waals surface area contributed by atoms with Crippen LogP contribution in [0.1, 0.15) is 45.5 Å². The summed E-state index contributed by atoms with van der Waals surface area (Å²) in [5.41, 5.74) is 5.67. The monoisotopic (exact) mass is 788 g/mol. The van der Waals surface area contributed by atoms with E-state index < -0.39 is 18.0 Å². The normalized spacial score (nSPS) is 22.3. The lowest BCUT2D eigenvalue weighted by molar-refractivity contribution is -0.934. The summed E-state index contributed by atoms with van der Waals surface area (Å²) in [6.07, 6.45) is 2.17. The van der Waals surface area contributed by atoms with Gasteiger partial charge in [0.2, 0.25) is 5.75 Å². The third kappa shape index (κ3) is 7.53. The highest BCUT2D eigenvalue weighted by atomic mass is 35.5. The lowest BCUT2D eigenvalue weighted by Gasteiger charge is -2.45. The van der Waals surface area contributed by atoms with Crippen LogP contribution in [0.2, 0.25) is 0 Å². The highest BCUT2D eigenvalue weighted by Gasteiger charge is 2.46. The van der Waals surface area contributed by atoms with E-state index in [1.807, 2.05) is 74.8 Å². The molecule has 4 aliphatic rings. The first-order valence-corrected chi connectivity index (χ1v) is 19.3. The number of quaternary nitrogens is 2. The van der Waals surface area contributed by atoms with Crippen molar-refractivity contribution < 1.29 is 57.2 Å². The van der Waals surface area contributed by atoms with Crippen LogP contribution in [0, 0.1) is 0 Å². The third-order valence-corrected chi connectivity index (χ3v) is 11.9. The van der Waals surface area contributed by atoms with Crippen LogP contribution in [0.15, 0.2) is 60.7 Å². The molecule has 4 aliphatic heterocycles. The number of hydrogen-bond acceptors (Lipinski definition) is 8. The molecule has 4 heterocycles. The number of alkyl halides is 1. The lowest BCUT2D eigenvalue weighted by atomic mass is 9.85. The molecule has 4 atom stereocenters. The van der Waals surface area contributed by atoms with Gasteiger partial charge in [-0.15, -0.1) is 11.6 Å². The van der Waals surface area contributed by atoms with Crippen LogP contribution in [-0.4, -0.2) is 105 Å². The van der Waals surface area contributed by atoms with E-state index in [1.165, 1.54) is 0 Å². The number of aliphatic carboxylic acids is 2. The molecule has 0 fully saturated rings. The van der Waals surface area contributed by atoms with E-state index in [-0.39, 0.29) is 40.6 Å². The van der Waals surface area contributed by atoms with Gasteiger partial charge in [0, 0.05) is 31.2 Å². The molecule has 4 unspecified atom stereocenters. The van der Waals surface area contributed by atoms with Crippen molar-refractivity contribution in [3.63, 3.8) is 0 Å². The summed E-state index contributed by atoms with van der Waals surface area (Å²) in [7, 11) is 8.73. The van der Waals surface area contributed by atoms with Crippen LogP contribution in [0.5, 0.6) is 46.0 Å². The first-order chi connectivity index (χ1) is 26.9. The zero-order chi connectivity index (χ0) is 39.8. The maximum absolute atomic E-state index is 12.6. The number of benzene rings is 4. The summed E-state index contributed by atoms with van der Waals surface area (Å²) in [4.78, 5) is 25.0. The fourth-order valence-electron chi connectivity index (χ4n) is 8.83. The van der Waals surface area contributed by atoms with E-state index in [0.717, 1.165) is 33.4 Å². The minimum atomic E-state index is -0.919. The van der Waals surface area contributed by atoms with Crippen molar-refractivity contribution in [3.8, 4) is 46.0 Å². The topological polar surface area (TPSA) is 130 Å². The fraction of sp³-hybridized carbons (Fsp3) is 0.395. The minimum absolute atomic E-state index is 0.0643. The molecule has 56 heavy (non-hydrogen) atoms. The van der Waals surface area contributed by atoms with Gasteiger partial charge >= 0.3 is 11.9 Å². The Bertz CT molecular complexity index is 2140. The maximum atomic E-state index is 12.6. The average molecular weight is 789 g/mol. The Labute approximate surface area is 331 Å². The summed E-state index contributed by atoms with van der Waals surface area (Å²) in [6.45, 7) is 1.12. The Kier molecular flexibility index (Phi) is 11.0. The van der Waals surface area contributed by atoms with Crippen LogP contribution in [0.25, 0.3) is 0 Å². The number of hydrogen-bond donors (Lipinski definition) is 2. The number of rotatable bonds is 10. The van der Waals surface area contributed by atoms with E-state index in [4.69, 9.17) is 40.0 Å². The molecule has 6 bridgehead atoms. The van der Waals surface area contributed by atoms with Crippen molar-refractivity contribution in [1.82, 2.24) is 0 Å². The smallest absolute Gasteiger partial charge is 0.359 e. The number of halogens is 1. The van der Waals surface area contributed by atoms with Crippen LogP contribution < -0.4 is 28.4 Å². The fourth-order valence-corrected chi connectivity index (χ4v) is 8.91. The van der Waals surface area contributed by atoms with E-state index in [1.54, 1.807) is 21.3 Å². The Morgan fingerprint density at radius 2 is 1.32 bits per heavy atom. The van der Waals surface area contributed by atoms with Crippen molar-refractivity contribution in [2.75, 3.05) is 74.1 Å². The molecular weight excluding hydrogens is 740 g/mol. The van der Waals surface area contributed by atoms with E-state index in [9.17, 15) is 19.8 Å². The Hall–Kier alpha value is -5.17. The van der Waals surface area contributed by atoms with Crippen molar-refractivity contribution in [2.24, 2.45) is 0 Å². The predicted molar refractivity (Wildman–Crippen MR) is 209 cm³/mol. The van der Waals surface area contributed by atoms with Gasteiger partial charge in [0.25, 0.3) is 0 Å². The molecule has 0 radical (unpaired) electrons. The quantitative estimate of drug-likeness (QED) is 0.128. The molecule has 0 amide bonds. The van der Waals surface area contributed by atoms with Gasteiger partial charge in [0.15, 0.2) is 47.6 Å². The Morgan fingerprint density at radius 3 is 1.96 bits per heavy atom. The molecule has 12 nitrogen and oxygen atoms in total. The van der Waals surface area contributed by atoms with Gasteiger partial charge in [-0.2, -0.15) is 0 Å². The van der Waals surface area contributed by atoms with Crippen molar-refractivity contribution in [2.45, 2.75) is 37.8 Å². The lowest BCUT2D eigenvalue weighted by Crippen LogP contribution is -2.54. The number of likely N-dealkylation sites (N-methyl/N-ethyl adjacent to an activating group) is 2. The number of carbonyl (C=O) groups is 2. The standard InChI is InChI=1S/C43H47ClN2O10/c1-45(24-39(47)48)15-12-28-21-35(52-4)37-23-31(28)32(45)18-26-6-9-30(10-7-26)55-36-20-27(8-11-34(36)51-3)19-33-41-29(13-16-46(33,2)25-40(49)50)22-38(53-5)42(43(41)56-37)54-17-14-44/h6-11,20-23,32-33H,12-19,24-25H2,1-5H3/p+2. The summed E-state index contributed by atoms with van der Waals surface area (Å²) >= 11 is 6.20. The molecule has 4 aromatic rings. The second-order valence-electron chi connectivity index (χ2n) is 15.3.